The first-order valence-corrected chi connectivity index (χ1v) is 6.10. The summed E-state index contributed by atoms with van der Waals surface area (Å²) in [4.78, 5) is 11.7. The molecule has 1 heterocycles. The molecular weight excluding hydrogens is 255 g/mol. The summed E-state index contributed by atoms with van der Waals surface area (Å²) in [6.07, 6.45) is -4.24. The van der Waals surface area contributed by atoms with Crippen molar-refractivity contribution in [3.05, 3.63) is 29.3 Å². The molecule has 1 aromatic carbocycles. The van der Waals surface area contributed by atoms with Gasteiger partial charge < -0.3 is 5.32 Å². The third kappa shape index (κ3) is 2.60. The Labute approximate surface area is 110 Å². The molecule has 0 bridgehead atoms. The summed E-state index contributed by atoms with van der Waals surface area (Å²) in [6.45, 7) is 5.79. The molecule has 19 heavy (non-hydrogen) atoms. The lowest BCUT2D eigenvalue weighted by Crippen LogP contribution is -2.31. The standard InChI is InChI=1S/C14H16F3NO/c1-13(2,3)10-7-11(19)18-12-8(10)5-4-6-9(12)14(15,16)17/h4-6,10H,7H2,1-3H3,(H,18,19). The number of anilines is 1. The van der Waals surface area contributed by atoms with Crippen LogP contribution in [0.25, 0.3) is 0 Å². The normalized spacial score (nSPS) is 19.9. The summed E-state index contributed by atoms with van der Waals surface area (Å²) < 4.78 is 38.9. The van der Waals surface area contributed by atoms with Gasteiger partial charge >= 0.3 is 6.18 Å². The Balaban J connectivity index is 2.62. The third-order valence-electron chi connectivity index (χ3n) is 3.48. The lowest BCUT2D eigenvalue weighted by Gasteiger charge is -2.36. The summed E-state index contributed by atoms with van der Waals surface area (Å²) >= 11 is 0. The van der Waals surface area contributed by atoms with Crippen LogP contribution in [0.2, 0.25) is 0 Å². The van der Waals surface area contributed by atoms with E-state index in [1.54, 1.807) is 6.07 Å². The number of amides is 1. The molecule has 1 atom stereocenters. The van der Waals surface area contributed by atoms with E-state index >= 15 is 0 Å². The molecule has 0 spiro atoms. The number of carbonyl (C=O) groups excluding carboxylic acids is 1. The van der Waals surface area contributed by atoms with Crippen LogP contribution in [0.1, 0.15) is 44.2 Å². The number of para-hydroxylation sites is 1. The van der Waals surface area contributed by atoms with Crippen LogP contribution in [0, 0.1) is 5.41 Å². The molecule has 0 saturated carbocycles. The fraction of sp³-hybridized carbons (Fsp3) is 0.500. The van der Waals surface area contributed by atoms with Crippen molar-refractivity contribution < 1.29 is 18.0 Å². The second-order valence-corrected chi connectivity index (χ2v) is 5.94. The van der Waals surface area contributed by atoms with Gasteiger partial charge in [0.2, 0.25) is 5.91 Å². The largest absolute Gasteiger partial charge is 0.418 e. The number of halogens is 3. The van der Waals surface area contributed by atoms with E-state index in [1.807, 2.05) is 20.8 Å². The number of fused-ring (bicyclic) bond motifs is 1. The first kappa shape index (κ1) is 13.9. The van der Waals surface area contributed by atoms with Crippen molar-refractivity contribution in [2.45, 2.75) is 39.3 Å². The minimum atomic E-state index is -4.46. The Hall–Kier alpha value is -1.52. The van der Waals surface area contributed by atoms with Crippen molar-refractivity contribution in [2.75, 3.05) is 5.32 Å². The molecule has 0 saturated heterocycles. The van der Waals surface area contributed by atoms with Gasteiger partial charge in [0.1, 0.15) is 0 Å². The Morgan fingerprint density at radius 1 is 1.21 bits per heavy atom. The number of alkyl halides is 3. The highest BCUT2D eigenvalue weighted by molar-refractivity contribution is 5.96. The van der Waals surface area contributed by atoms with E-state index in [9.17, 15) is 18.0 Å². The average Bonchev–Trinajstić information content (AvgIpc) is 2.24. The van der Waals surface area contributed by atoms with Crippen molar-refractivity contribution in [1.82, 2.24) is 0 Å². The van der Waals surface area contributed by atoms with Crippen LogP contribution in [-0.2, 0) is 11.0 Å². The fourth-order valence-corrected chi connectivity index (χ4v) is 2.49. The van der Waals surface area contributed by atoms with Crippen LogP contribution in [0.4, 0.5) is 18.9 Å². The second kappa shape index (κ2) is 4.25. The van der Waals surface area contributed by atoms with Crippen LogP contribution < -0.4 is 5.32 Å². The molecule has 2 rings (SSSR count). The van der Waals surface area contributed by atoms with Gasteiger partial charge in [-0.15, -0.1) is 0 Å². The SMILES string of the molecule is CC(C)(C)C1CC(=O)Nc2c1cccc2C(F)(F)F. The topological polar surface area (TPSA) is 29.1 Å². The third-order valence-corrected chi connectivity index (χ3v) is 3.48. The molecule has 0 radical (unpaired) electrons. The molecule has 2 nitrogen and oxygen atoms in total. The number of hydrogen-bond donors (Lipinski definition) is 1. The summed E-state index contributed by atoms with van der Waals surface area (Å²) in [5.41, 5.74) is -0.545. The van der Waals surface area contributed by atoms with Crippen LogP contribution in [-0.4, -0.2) is 5.91 Å². The van der Waals surface area contributed by atoms with Gasteiger partial charge in [-0.2, -0.15) is 13.2 Å². The van der Waals surface area contributed by atoms with E-state index in [-0.39, 0.29) is 29.3 Å². The Kier molecular flexibility index (Phi) is 3.11. The smallest absolute Gasteiger partial charge is 0.325 e. The van der Waals surface area contributed by atoms with Gasteiger partial charge in [0.25, 0.3) is 0 Å². The highest BCUT2D eigenvalue weighted by atomic mass is 19.4. The zero-order chi connectivity index (χ0) is 14.4. The Morgan fingerprint density at radius 3 is 2.37 bits per heavy atom. The number of nitrogens with one attached hydrogen (secondary N) is 1. The molecule has 104 valence electrons. The summed E-state index contributed by atoms with van der Waals surface area (Å²) in [5, 5.41) is 2.38. The molecule has 1 aliphatic rings. The van der Waals surface area contributed by atoms with Crippen molar-refractivity contribution in [3.8, 4) is 0 Å². The van der Waals surface area contributed by atoms with Gasteiger partial charge in [0.15, 0.2) is 0 Å². The van der Waals surface area contributed by atoms with Crippen molar-refractivity contribution in [2.24, 2.45) is 5.41 Å². The summed E-state index contributed by atoms with van der Waals surface area (Å²) in [5.74, 6) is -0.567. The van der Waals surface area contributed by atoms with Crippen LogP contribution >= 0.6 is 0 Å². The lowest BCUT2D eigenvalue weighted by atomic mass is 9.72. The lowest BCUT2D eigenvalue weighted by molar-refractivity contribution is -0.137. The zero-order valence-electron chi connectivity index (χ0n) is 11.1. The molecule has 1 aromatic rings. The van der Waals surface area contributed by atoms with Crippen LogP contribution in [0.3, 0.4) is 0 Å². The van der Waals surface area contributed by atoms with Gasteiger partial charge in [-0.1, -0.05) is 32.9 Å². The number of carbonyl (C=O) groups is 1. The first-order valence-electron chi connectivity index (χ1n) is 6.10. The predicted molar refractivity (Wildman–Crippen MR) is 66.9 cm³/mol. The molecule has 1 amide bonds. The van der Waals surface area contributed by atoms with Crippen molar-refractivity contribution in [1.29, 1.82) is 0 Å². The Morgan fingerprint density at radius 2 is 1.84 bits per heavy atom. The molecule has 1 aliphatic heterocycles. The Bertz CT molecular complexity index is 514. The minimum Gasteiger partial charge on any atom is -0.325 e. The maximum absolute atomic E-state index is 13.0. The van der Waals surface area contributed by atoms with E-state index in [1.165, 1.54) is 6.07 Å². The highest BCUT2D eigenvalue weighted by Gasteiger charge is 2.40. The minimum absolute atomic E-state index is 0.0776. The molecule has 1 unspecified atom stereocenters. The quantitative estimate of drug-likeness (QED) is 0.753. The van der Waals surface area contributed by atoms with E-state index in [0.29, 0.717) is 5.56 Å². The fourth-order valence-electron chi connectivity index (χ4n) is 2.49. The second-order valence-electron chi connectivity index (χ2n) is 5.94. The highest BCUT2D eigenvalue weighted by Crippen LogP contribution is 2.47. The molecule has 5 heteroatoms. The van der Waals surface area contributed by atoms with Gasteiger partial charge in [-0.05, 0) is 23.0 Å². The first-order chi connectivity index (χ1) is 8.60. The van der Waals surface area contributed by atoms with E-state index in [0.717, 1.165) is 6.07 Å². The summed E-state index contributed by atoms with van der Waals surface area (Å²) in [7, 11) is 0. The van der Waals surface area contributed by atoms with Crippen molar-refractivity contribution in [3.63, 3.8) is 0 Å². The van der Waals surface area contributed by atoms with Gasteiger partial charge in [0, 0.05) is 6.42 Å². The average molecular weight is 271 g/mol. The zero-order valence-corrected chi connectivity index (χ0v) is 11.1. The molecular formula is C14H16F3NO. The van der Waals surface area contributed by atoms with Gasteiger partial charge in [-0.3, -0.25) is 4.79 Å². The predicted octanol–water partition coefficient (Wildman–Crippen LogP) is 4.18. The number of benzene rings is 1. The monoisotopic (exact) mass is 271 g/mol. The van der Waals surface area contributed by atoms with Crippen LogP contribution in [0.15, 0.2) is 18.2 Å². The number of rotatable bonds is 0. The molecule has 0 aliphatic carbocycles. The summed E-state index contributed by atoms with van der Waals surface area (Å²) in [6, 6.07) is 4.07. The molecule has 0 aromatic heterocycles. The maximum atomic E-state index is 13.0. The number of hydrogen-bond acceptors (Lipinski definition) is 1. The maximum Gasteiger partial charge on any atom is 0.418 e. The van der Waals surface area contributed by atoms with Gasteiger partial charge in [-0.25, -0.2) is 0 Å². The van der Waals surface area contributed by atoms with E-state index < -0.39 is 11.7 Å². The van der Waals surface area contributed by atoms with E-state index in [2.05, 4.69) is 5.32 Å². The molecule has 0 fully saturated rings. The molecule has 1 N–H and O–H groups in total. The van der Waals surface area contributed by atoms with Gasteiger partial charge in [0.05, 0.1) is 11.3 Å². The van der Waals surface area contributed by atoms with Crippen LogP contribution in [0.5, 0.6) is 0 Å². The van der Waals surface area contributed by atoms with Crippen molar-refractivity contribution >= 4 is 11.6 Å². The van der Waals surface area contributed by atoms with E-state index in [4.69, 9.17) is 0 Å².